The third-order valence-electron chi connectivity index (χ3n) is 2.96. The van der Waals surface area contributed by atoms with Gasteiger partial charge in [-0.2, -0.15) is 0 Å². The van der Waals surface area contributed by atoms with Crippen LogP contribution in [0.1, 0.15) is 5.56 Å². The lowest BCUT2D eigenvalue weighted by Crippen LogP contribution is -1.99. The minimum Gasteiger partial charge on any atom is -0.380 e. The van der Waals surface area contributed by atoms with Crippen LogP contribution in [0.25, 0.3) is 10.1 Å². The molecule has 96 valence electrons. The Balaban J connectivity index is 1.82. The van der Waals surface area contributed by atoms with Gasteiger partial charge in [-0.25, -0.2) is 0 Å². The third kappa shape index (κ3) is 2.86. The number of anilines is 1. The molecule has 0 spiro atoms. The maximum absolute atomic E-state index is 3.57. The lowest BCUT2D eigenvalue weighted by atomic mass is 10.2. The Kier molecular flexibility index (Phi) is 3.91. The molecule has 0 aliphatic rings. The van der Waals surface area contributed by atoms with Crippen LogP contribution < -0.4 is 5.32 Å². The fourth-order valence-corrected chi connectivity index (χ4v) is 4.14. The molecule has 0 saturated carbocycles. The van der Waals surface area contributed by atoms with Crippen molar-refractivity contribution >= 4 is 59.0 Å². The number of benzene rings is 2. The number of rotatable bonds is 3. The second-order valence-electron chi connectivity index (χ2n) is 4.23. The lowest BCUT2D eigenvalue weighted by molar-refractivity contribution is 1.17. The number of nitrogens with one attached hydrogen (secondary N) is 1. The average molecular weight is 397 g/mol. The van der Waals surface area contributed by atoms with Crippen molar-refractivity contribution in [2.45, 2.75) is 6.54 Å². The number of hydrogen-bond donors (Lipinski definition) is 1. The van der Waals surface area contributed by atoms with Crippen molar-refractivity contribution in [2.24, 2.45) is 0 Å². The van der Waals surface area contributed by atoms with Crippen molar-refractivity contribution in [3.63, 3.8) is 0 Å². The van der Waals surface area contributed by atoms with Crippen LogP contribution in [0.5, 0.6) is 0 Å². The average Bonchev–Trinajstić information content (AvgIpc) is 2.81. The molecule has 0 bridgehead atoms. The van der Waals surface area contributed by atoms with Gasteiger partial charge < -0.3 is 5.32 Å². The summed E-state index contributed by atoms with van der Waals surface area (Å²) in [5.41, 5.74) is 2.45. The molecule has 0 aliphatic carbocycles. The summed E-state index contributed by atoms with van der Waals surface area (Å²) < 4.78 is 3.49. The Morgan fingerprint density at radius 3 is 2.74 bits per heavy atom. The summed E-state index contributed by atoms with van der Waals surface area (Å²) in [6.45, 7) is 0.838. The highest BCUT2D eigenvalue weighted by atomic mass is 79.9. The fourth-order valence-electron chi connectivity index (χ4n) is 1.99. The summed E-state index contributed by atoms with van der Waals surface area (Å²) in [6, 6.07) is 14.7. The molecule has 3 rings (SSSR count). The molecule has 1 nitrogen and oxygen atoms in total. The molecule has 0 radical (unpaired) electrons. The molecular weight excluding hydrogens is 386 g/mol. The molecule has 0 amide bonds. The number of halogens is 2. The van der Waals surface area contributed by atoms with E-state index >= 15 is 0 Å². The standard InChI is InChI=1S/C15H11Br2NS/c16-11-5-6-14(13(17)7-11)18-8-10-9-19-15-4-2-1-3-12(10)15/h1-7,9,18H,8H2. The monoisotopic (exact) mass is 395 g/mol. The first-order valence-corrected chi connectivity index (χ1v) is 8.34. The number of fused-ring (bicyclic) bond motifs is 1. The fraction of sp³-hybridized carbons (Fsp3) is 0.0667. The molecule has 0 atom stereocenters. The van der Waals surface area contributed by atoms with E-state index in [0.29, 0.717) is 0 Å². The molecular formula is C15H11Br2NS. The maximum atomic E-state index is 3.57. The minimum absolute atomic E-state index is 0.838. The van der Waals surface area contributed by atoms with E-state index in [1.54, 1.807) is 11.3 Å². The Bertz CT molecular complexity index is 721. The van der Waals surface area contributed by atoms with Gasteiger partial charge >= 0.3 is 0 Å². The summed E-state index contributed by atoms with van der Waals surface area (Å²) in [4.78, 5) is 0. The van der Waals surface area contributed by atoms with E-state index in [-0.39, 0.29) is 0 Å². The van der Waals surface area contributed by atoms with Crippen LogP contribution in [-0.4, -0.2) is 0 Å². The van der Waals surface area contributed by atoms with Crippen LogP contribution in [0.4, 0.5) is 5.69 Å². The van der Waals surface area contributed by atoms with Crippen LogP contribution in [-0.2, 0) is 6.54 Å². The molecule has 4 heteroatoms. The molecule has 2 aromatic carbocycles. The van der Waals surface area contributed by atoms with E-state index in [0.717, 1.165) is 21.2 Å². The minimum atomic E-state index is 0.838. The van der Waals surface area contributed by atoms with Crippen molar-refractivity contribution in [1.82, 2.24) is 0 Å². The second kappa shape index (κ2) is 5.65. The zero-order chi connectivity index (χ0) is 13.2. The van der Waals surface area contributed by atoms with Crippen LogP contribution in [0.2, 0.25) is 0 Å². The van der Waals surface area contributed by atoms with Crippen LogP contribution >= 0.6 is 43.2 Å². The van der Waals surface area contributed by atoms with Crippen molar-refractivity contribution < 1.29 is 0 Å². The highest BCUT2D eigenvalue weighted by Gasteiger charge is 2.04. The summed E-state index contributed by atoms with van der Waals surface area (Å²) in [5, 5.41) is 7.04. The van der Waals surface area contributed by atoms with Crippen LogP contribution in [0.3, 0.4) is 0 Å². The lowest BCUT2D eigenvalue weighted by Gasteiger charge is -2.08. The summed E-state index contributed by atoms with van der Waals surface area (Å²) in [6.07, 6.45) is 0. The van der Waals surface area contributed by atoms with Crippen LogP contribution in [0.15, 0.2) is 56.8 Å². The first kappa shape index (κ1) is 13.2. The van der Waals surface area contributed by atoms with Gasteiger partial charge in [-0.1, -0.05) is 34.1 Å². The van der Waals surface area contributed by atoms with Gasteiger partial charge in [0.2, 0.25) is 0 Å². The zero-order valence-corrected chi connectivity index (χ0v) is 14.0. The Labute approximate surface area is 132 Å². The molecule has 0 aliphatic heterocycles. The maximum Gasteiger partial charge on any atom is 0.0488 e. The van der Waals surface area contributed by atoms with Crippen molar-refractivity contribution in [3.05, 3.63) is 62.4 Å². The number of thiophene rings is 1. The summed E-state index contributed by atoms with van der Waals surface area (Å²) >= 11 is 8.83. The third-order valence-corrected chi connectivity index (χ3v) is 5.12. The van der Waals surface area contributed by atoms with Crippen LogP contribution in [0, 0.1) is 0 Å². The van der Waals surface area contributed by atoms with Gasteiger partial charge in [0.05, 0.1) is 0 Å². The van der Waals surface area contributed by atoms with Crippen molar-refractivity contribution in [1.29, 1.82) is 0 Å². The van der Waals surface area contributed by atoms with Crippen molar-refractivity contribution in [3.8, 4) is 0 Å². The van der Waals surface area contributed by atoms with Gasteiger partial charge in [-0.15, -0.1) is 11.3 Å². The zero-order valence-electron chi connectivity index (χ0n) is 9.99. The first-order valence-electron chi connectivity index (χ1n) is 5.88. The van der Waals surface area contributed by atoms with Gasteiger partial charge in [-0.05, 0) is 56.5 Å². The Morgan fingerprint density at radius 1 is 1.05 bits per heavy atom. The van der Waals surface area contributed by atoms with Gasteiger partial charge in [-0.3, -0.25) is 0 Å². The van der Waals surface area contributed by atoms with E-state index in [1.807, 2.05) is 12.1 Å². The molecule has 0 saturated heterocycles. The quantitative estimate of drug-likeness (QED) is 0.569. The predicted octanol–water partition coefficient (Wildman–Crippen LogP) is 6.04. The number of hydrogen-bond acceptors (Lipinski definition) is 2. The topological polar surface area (TPSA) is 12.0 Å². The normalized spacial score (nSPS) is 10.8. The summed E-state index contributed by atoms with van der Waals surface area (Å²) in [5.74, 6) is 0. The SMILES string of the molecule is Brc1ccc(NCc2csc3ccccc23)c(Br)c1. The first-order chi connectivity index (χ1) is 9.24. The highest BCUT2D eigenvalue weighted by molar-refractivity contribution is 9.11. The van der Waals surface area contributed by atoms with Gasteiger partial charge in [0.15, 0.2) is 0 Å². The molecule has 1 N–H and O–H groups in total. The van der Waals surface area contributed by atoms with E-state index in [9.17, 15) is 0 Å². The van der Waals surface area contributed by atoms with E-state index < -0.39 is 0 Å². The molecule has 0 fully saturated rings. The molecule has 1 heterocycles. The van der Waals surface area contributed by atoms with E-state index in [1.165, 1.54) is 15.6 Å². The predicted molar refractivity (Wildman–Crippen MR) is 91.0 cm³/mol. The molecule has 3 aromatic rings. The van der Waals surface area contributed by atoms with Gasteiger partial charge in [0.1, 0.15) is 0 Å². The summed E-state index contributed by atoms with van der Waals surface area (Å²) in [7, 11) is 0. The largest absolute Gasteiger partial charge is 0.380 e. The highest BCUT2D eigenvalue weighted by Crippen LogP contribution is 2.29. The van der Waals surface area contributed by atoms with Gasteiger partial charge in [0, 0.05) is 25.9 Å². The van der Waals surface area contributed by atoms with Crippen molar-refractivity contribution in [2.75, 3.05) is 5.32 Å². The smallest absolute Gasteiger partial charge is 0.0488 e. The molecule has 1 aromatic heterocycles. The molecule has 0 unspecified atom stereocenters. The van der Waals surface area contributed by atoms with Gasteiger partial charge in [0.25, 0.3) is 0 Å². The van der Waals surface area contributed by atoms with E-state index in [2.05, 4.69) is 72.9 Å². The Hall–Kier alpha value is -0.840. The second-order valence-corrected chi connectivity index (χ2v) is 6.92. The van der Waals surface area contributed by atoms with E-state index in [4.69, 9.17) is 0 Å². The Morgan fingerprint density at radius 2 is 1.89 bits per heavy atom. The molecule has 19 heavy (non-hydrogen) atoms.